The second-order valence-corrected chi connectivity index (χ2v) is 7.53. The van der Waals surface area contributed by atoms with Crippen LogP contribution in [0.2, 0.25) is 0 Å². The molecular weight excluding hydrogens is 318 g/mol. The molecular formula is C18H25N5O2. The molecule has 1 saturated heterocycles. The molecule has 4 rings (SSSR count). The largest absolute Gasteiger partial charge is 0.390 e. The summed E-state index contributed by atoms with van der Waals surface area (Å²) >= 11 is 0. The maximum atomic E-state index is 10.1. The maximum Gasteiger partial charge on any atom is 0.223 e. The molecule has 0 radical (unpaired) electrons. The summed E-state index contributed by atoms with van der Waals surface area (Å²) < 4.78 is 5.52. The highest BCUT2D eigenvalue weighted by molar-refractivity contribution is 5.90. The standard InChI is InChI=1S/C18H25N5O2/c1-18(24)5-2-12(3-6-18)22-17-21-9-14-15(23-17)13(8-20-16(14)19)11-4-7-25-10-11/h8-9,11-12,24H,2-7,10H2,1H3,(H2,19,20)(H,21,22,23). The summed E-state index contributed by atoms with van der Waals surface area (Å²) in [5, 5.41) is 14.3. The third-order valence-corrected chi connectivity index (χ3v) is 5.45. The van der Waals surface area contributed by atoms with Gasteiger partial charge in [0.1, 0.15) is 5.82 Å². The Morgan fingerprint density at radius 1 is 1.24 bits per heavy atom. The molecule has 2 aliphatic rings. The van der Waals surface area contributed by atoms with E-state index in [1.54, 1.807) is 6.20 Å². The Morgan fingerprint density at radius 3 is 2.76 bits per heavy atom. The molecule has 2 aromatic rings. The average Bonchev–Trinajstić information content (AvgIpc) is 3.11. The first-order valence-electron chi connectivity index (χ1n) is 9.00. The van der Waals surface area contributed by atoms with Crippen molar-refractivity contribution in [2.75, 3.05) is 24.3 Å². The quantitative estimate of drug-likeness (QED) is 0.784. The van der Waals surface area contributed by atoms with Gasteiger partial charge in [-0.3, -0.25) is 0 Å². The third-order valence-electron chi connectivity index (χ3n) is 5.45. The van der Waals surface area contributed by atoms with Crippen LogP contribution in [0.4, 0.5) is 11.8 Å². The maximum absolute atomic E-state index is 10.1. The third kappa shape index (κ3) is 3.39. The van der Waals surface area contributed by atoms with E-state index in [0.717, 1.165) is 55.2 Å². The lowest BCUT2D eigenvalue weighted by Crippen LogP contribution is -2.36. The minimum Gasteiger partial charge on any atom is -0.390 e. The van der Waals surface area contributed by atoms with Gasteiger partial charge in [0.05, 0.1) is 23.1 Å². The lowest BCUT2D eigenvalue weighted by Gasteiger charge is -2.33. The number of aromatic nitrogens is 3. The van der Waals surface area contributed by atoms with E-state index in [2.05, 4.69) is 15.3 Å². The van der Waals surface area contributed by atoms with Gasteiger partial charge < -0.3 is 20.9 Å². The summed E-state index contributed by atoms with van der Waals surface area (Å²) in [5.41, 5.74) is 7.42. The van der Waals surface area contributed by atoms with Gasteiger partial charge in [-0.25, -0.2) is 15.0 Å². The molecule has 0 aromatic carbocycles. The average molecular weight is 343 g/mol. The summed E-state index contributed by atoms with van der Waals surface area (Å²) in [4.78, 5) is 13.5. The van der Waals surface area contributed by atoms with E-state index in [-0.39, 0.29) is 6.04 Å². The number of anilines is 2. The van der Waals surface area contributed by atoms with E-state index >= 15 is 0 Å². The fourth-order valence-corrected chi connectivity index (χ4v) is 3.77. The van der Waals surface area contributed by atoms with Gasteiger partial charge in [0.15, 0.2) is 0 Å². The van der Waals surface area contributed by atoms with Crippen LogP contribution in [0.25, 0.3) is 10.9 Å². The molecule has 3 heterocycles. The summed E-state index contributed by atoms with van der Waals surface area (Å²) in [6.45, 7) is 3.38. The van der Waals surface area contributed by atoms with Crippen LogP contribution in [0.15, 0.2) is 12.4 Å². The normalized spacial score (nSPS) is 29.8. The molecule has 0 amide bonds. The van der Waals surface area contributed by atoms with Crippen LogP contribution in [-0.4, -0.2) is 44.9 Å². The van der Waals surface area contributed by atoms with Crippen molar-refractivity contribution in [3.8, 4) is 0 Å². The SMILES string of the molecule is CC1(O)CCC(Nc2ncc3c(N)ncc(C4CCOC4)c3n2)CC1. The number of nitrogens with zero attached hydrogens (tertiary/aromatic N) is 3. The Morgan fingerprint density at radius 2 is 2.04 bits per heavy atom. The van der Waals surface area contributed by atoms with Crippen LogP contribution in [0, 0.1) is 0 Å². The Kier molecular flexibility index (Phi) is 4.21. The van der Waals surface area contributed by atoms with Gasteiger partial charge in [0.25, 0.3) is 0 Å². The van der Waals surface area contributed by atoms with E-state index in [1.165, 1.54) is 0 Å². The van der Waals surface area contributed by atoms with Crippen molar-refractivity contribution in [2.45, 2.75) is 56.6 Å². The van der Waals surface area contributed by atoms with E-state index in [4.69, 9.17) is 15.5 Å². The number of nitrogens with two attached hydrogens (primary N) is 1. The van der Waals surface area contributed by atoms with Crippen LogP contribution in [0.1, 0.15) is 50.5 Å². The molecule has 0 spiro atoms. The van der Waals surface area contributed by atoms with Crippen molar-refractivity contribution < 1.29 is 9.84 Å². The van der Waals surface area contributed by atoms with Crippen molar-refractivity contribution in [3.05, 3.63) is 18.0 Å². The van der Waals surface area contributed by atoms with E-state index in [0.29, 0.717) is 24.3 Å². The second kappa shape index (κ2) is 6.38. The van der Waals surface area contributed by atoms with Crippen LogP contribution in [0.5, 0.6) is 0 Å². The Balaban J connectivity index is 1.61. The van der Waals surface area contributed by atoms with Crippen molar-refractivity contribution in [1.82, 2.24) is 15.0 Å². The van der Waals surface area contributed by atoms with Crippen LogP contribution >= 0.6 is 0 Å². The number of ether oxygens (including phenoxy) is 1. The number of pyridine rings is 1. The topological polar surface area (TPSA) is 106 Å². The fourth-order valence-electron chi connectivity index (χ4n) is 3.77. The van der Waals surface area contributed by atoms with Gasteiger partial charge in [-0.1, -0.05) is 0 Å². The molecule has 1 saturated carbocycles. The first kappa shape index (κ1) is 16.5. The Bertz CT molecular complexity index is 763. The molecule has 1 unspecified atom stereocenters. The Labute approximate surface area is 147 Å². The second-order valence-electron chi connectivity index (χ2n) is 7.53. The van der Waals surface area contributed by atoms with Crippen molar-refractivity contribution in [1.29, 1.82) is 0 Å². The minimum atomic E-state index is -0.543. The van der Waals surface area contributed by atoms with Gasteiger partial charge >= 0.3 is 0 Å². The predicted molar refractivity (Wildman–Crippen MR) is 96.4 cm³/mol. The summed E-state index contributed by atoms with van der Waals surface area (Å²) in [7, 11) is 0. The highest BCUT2D eigenvalue weighted by Gasteiger charge is 2.29. The lowest BCUT2D eigenvalue weighted by atomic mass is 9.84. The summed E-state index contributed by atoms with van der Waals surface area (Å²) in [6.07, 6.45) is 7.97. The van der Waals surface area contributed by atoms with Crippen molar-refractivity contribution in [3.63, 3.8) is 0 Å². The van der Waals surface area contributed by atoms with Crippen LogP contribution in [-0.2, 0) is 4.74 Å². The first-order chi connectivity index (χ1) is 12.0. The number of hydrogen-bond acceptors (Lipinski definition) is 7. The van der Waals surface area contributed by atoms with Gasteiger partial charge in [-0.2, -0.15) is 0 Å². The molecule has 1 aliphatic carbocycles. The monoisotopic (exact) mass is 343 g/mol. The van der Waals surface area contributed by atoms with E-state index < -0.39 is 5.60 Å². The molecule has 2 aromatic heterocycles. The number of nitrogen functional groups attached to an aromatic ring is 1. The lowest BCUT2D eigenvalue weighted by molar-refractivity contribution is 0.0196. The predicted octanol–water partition coefficient (Wildman–Crippen LogP) is 2.22. The molecule has 0 bridgehead atoms. The molecule has 4 N–H and O–H groups in total. The van der Waals surface area contributed by atoms with Gasteiger partial charge in [0, 0.05) is 36.5 Å². The van der Waals surface area contributed by atoms with Gasteiger partial charge in [-0.15, -0.1) is 0 Å². The van der Waals surface area contributed by atoms with Gasteiger partial charge in [-0.05, 0) is 39.0 Å². The fraction of sp³-hybridized carbons (Fsp3) is 0.611. The Hall–Kier alpha value is -1.99. The summed E-state index contributed by atoms with van der Waals surface area (Å²) in [6, 6.07) is 0.287. The zero-order valence-electron chi connectivity index (χ0n) is 14.5. The minimum absolute atomic E-state index is 0.287. The number of hydrogen-bond donors (Lipinski definition) is 3. The number of aliphatic hydroxyl groups is 1. The molecule has 7 nitrogen and oxygen atoms in total. The van der Waals surface area contributed by atoms with Gasteiger partial charge in [0.2, 0.25) is 5.95 Å². The zero-order valence-corrected chi connectivity index (χ0v) is 14.5. The highest BCUT2D eigenvalue weighted by atomic mass is 16.5. The zero-order chi connectivity index (χ0) is 17.4. The van der Waals surface area contributed by atoms with Crippen molar-refractivity contribution >= 4 is 22.7 Å². The van der Waals surface area contributed by atoms with Crippen LogP contribution in [0.3, 0.4) is 0 Å². The molecule has 1 atom stereocenters. The molecule has 134 valence electrons. The number of rotatable bonds is 3. The highest BCUT2D eigenvalue weighted by Crippen LogP contribution is 2.33. The molecule has 7 heteroatoms. The molecule has 1 aliphatic heterocycles. The van der Waals surface area contributed by atoms with E-state index in [9.17, 15) is 5.11 Å². The van der Waals surface area contributed by atoms with Crippen molar-refractivity contribution in [2.24, 2.45) is 0 Å². The smallest absolute Gasteiger partial charge is 0.223 e. The summed E-state index contributed by atoms with van der Waals surface area (Å²) in [5.74, 6) is 1.38. The number of nitrogens with one attached hydrogen (secondary N) is 1. The molecule has 2 fully saturated rings. The van der Waals surface area contributed by atoms with E-state index in [1.807, 2.05) is 13.1 Å². The molecule has 25 heavy (non-hydrogen) atoms. The number of fused-ring (bicyclic) bond motifs is 1. The van der Waals surface area contributed by atoms with Crippen LogP contribution < -0.4 is 11.1 Å². The first-order valence-corrected chi connectivity index (χ1v) is 9.00.